The monoisotopic (exact) mass is 301 g/mol. The van der Waals surface area contributed by atoms with Gasteiger partial charge in [0, 0.05) is 25.4 Å². The second-order valence-corrected chi connectivity index (χ2v) is 7.68. The molecule has 1 fully saturated rings. The molecule has 0 aliphatic heterocycles. The van der Waals surface area contributed by atoms with Gasteiger partial charge in [-0.25, -0.2) is 12.8 Å². The molecule has 6 heteroatoms. The van der Waals surface area contributed by atoms with Crippen LogP contribution in [0.25, 0.3) is 0 Å². The van der Waals surface area contributed by atoms with E-state index in [4.69, 9.17) is 0 Å². The second kappa shape index (κ2) is 6.20. The topological polar surface area (TPSA) is 57.6 Å². The normalized spacial score (nSPS) is 17.4. The predicted octanol–water partition coefficient (Wildman–Crippen LogP) is 1.37. The number of sulfone groups is 1. The van der Waals surface area contributed by atoms with Crippen molar-refractivity contribution in [2.45, 2.75) is 25.0 Å². The van der Waals surface area contributed by atoms with Crippen molar-refractivity contribution in [3.05, 3.63) is 35.6 Å². The molecule has 20 heavy (non-hydrogen) atoms. The number of hydrogen-bond acceptors (Lipinski definition) is 4. The van der Waals surface area contributed by atoms with Gasteiger partial charge in [0.25, 0.3) is 0 Å². The first-order valence-corrected chi connectivity index (χ1v) is 8.76. The van der Waals surface area contributed by atoms with Crippen LogP contribution >= 0.6 is 0 Å². The number of aliphatic hydroxyl groups is 1. The molecule has 1 saturated carbocycles. The Kier molecular flexibility index (Phi) is 4.78. The summed E-state index contributed by atoms with van der Waals surface area (Å²) in [5, 5.41) is 10.2. The van der Waals surface area contributed by atoms with Gasteiger partial charge in [-0.3, -0.25) is 4.90 Å². The van der Waals surface area contributed by atoms with Gasteiger partial charge < -0.3 is 5.11 Å². The minimum atomic E-state index is -3.00. The summed E-state index contributed by atoms with van der Waals surface area (Å²) < 4.78 is 35.3. The van der Waals surface area contributed by atoms with Gasteiger partial charge in [0.2, 0.25) is 0 Å². The van der Waals surface area contributed by atoms with Gasteiger partial charge >= 0.3 is 0 Å². The summed E-state index contributed by atoms with van der Waals surface area (Å²) in [5.74, 6) is -0.239. The minimum absolute atomic E-state index is 0.0969. The molecular formula is C14H20FNO3S. The molecule has 1 atom stereocenters. The molecule has 0 amide bonds. The number of halogens is 1. The lowest BCUT2D eigenvalue weighted by Crippen LogP contribution is -2.34. The fourth-order valence-corrected chi connectivity index (χ4v) is 2.72. The van der Waals surface area contributed by atoms with Crippen LogP contribution in [0.3, 0.4) is 0 Å². The lowest BCUT2D eigenvalue weighted by Gasteiger charge is -2.24. The van der Waals surface area contributed by atoms with E-state index < -0.39 is 15.9 Å². The number of aliphatic hydroxyl groups excluding tert-OH is 1. The lowest BCUT2D eigenvalue weighted by atomic mass is 10.1. The molecule has 0 bridgehead atoms. The maximum Gasteiger partial charge on any atom is 0.148 e. The third kappa shape index (κ3) is 4.85. The Morgan fingerprint density at radius 1 is 1.35 bits per heavy atom. The van der Waals surface area contributed by atoms with Gasteiger partial charge in [0.05, 0.1) is 11.9 Å². The average Bonchev–Trinajstić information content (AvgIpc) is 3.18. The zero-order chi connectivity index (χ0) is 14.8. The van der Waals surface area contributed by atoms with Gasteiger partial charge in [-0.05, 0) is 30.5 Å². The smallest absolute Gasteiger partial charge is 0.148 e. The molecule has 1 aromatic rings. The molecule has 112 valence electrons. The molecule has 0 spiro atoms. The van der Waals surface area contributed by atoms with Crippen LogP contribution in [-0.2, 0) is 9.84 Å². The standard InChI is InChI=1S/C14H20FNO3S/c1-20(18,19)9-8-16(13-6-7-13)10-14(17)11-2-4-12(15)5-3-11/h2-5,13-14,17H,6-10H2,1H3/t14-/m0/s1. The molecular weight excluding hydrogens is 281 g/mol. The largest absolute Gasteiger partial charge is 0.387 e. The number of hydrogen-bond donors (Lipinski definition) is 1. The van der Waals surface area contributed by atoms with Crippen LogP contribution in [0.2, 0.25) is 0 Å². The van der Waals surface area contributed by atoms with E-state index >= 15 is 0 Å². The predicted molar refractivity (Wildman–Crippen MR) is 75.7 cm³/mol. The van der Waals surface area contributed by atoms with Crippen LogP contribution < -0.4 is 0 Å². The third-order valence-electron chi connectivity index (χ3n) is 3.47. The molecule has 1 N–H and O–H groups in total. The van der Waals surface area contributed by atoms with E-state index in [1.165, 1.54) is 18.4 Å². The Hall–Kier alpha value is -0.980. The minimum Gasteiger partial charge on any atom is -0.387 e. The molecule has 1 aromatic carbocycles. The highest BCUT2D eigenvalue weighted by molar-refractivity contribution is 7.90. The molecule has 1 aliphatic carbocycles. The third-order valence-corrected chi connectivity index (χ3v) is 4.40. The summed E-state index contributed by atoms with van der Waals surface area (Å²) in [5.41, 5.74) is 0.649. The van der Waals surface area contributed by atoms with Gasteiger partial charge in [0.15, 0.2) is 0 Å². The van der Waals surface area contributed by atoms with Crippen molar-refractivity contribution < 1.29 is 17.9 Å². The highest BCUT2D eigenvalue weighted by Gasteiger charge is 2.30. The highest BCUT2D eigenvalue weighted by atomic mass is 32.2. The first-order valence-electron chi connectivity index (χ1n) is 6.70. The summed E-state index contributed by atoms with van der Waals surface area (Å²) in [6.07, 6.45) is 2.57. The maximum absolute atomic E-state index is 12.8. The molecule has 2 rings (SSSR count). The van der Waals surface area contributed by atoms with Crippen LogP contribution in [0.15, 0.2) is 24.3 Å². The molecule has 0 radical (unpaired) electrons. The molecule has 0 saturated heterocycles. The van der Waals surface area contributed by atoms with Crippen LogP contribution in [0.4, 0.5) is 4.39 Å². The number of nitrogens with zero attached hydrogens (tertiary/aromatic N) is 1. The van der Waals surface area contributed by atoms with Gasteiger partial charge in [-0.1, -0.05) is 12.1 Å². The van der Waals surface area contributed by atoms with Gasteiger partial charge in [0.1, 0.15) is 15.7 Å². The highest BCUT2D eigenvalue weighted by Crippen LogP contribution is 2.28. The Labute approximate surface area is 119 Å². The van der Waals surface area contributed by atoms with E-state index in [9.17, 15) is 17.9 Å². The molecule has 1 aliphatic rings. The summed E-state index contributed by atoms with van der Waals surface area (Å²) in [4.78, 5) is 2.01. The number of rotatable bonds is 7. The Bertz CT molecular complexity index is 540. The van der Waals surface area contributed by atoms with E-state index in [0.717, 1.165) is 12.8 Å². The van der Waals surface area contributed by atoms with E-state index in [1.807, 2.05) is 4.90 Å². The zero-order valence-corrected chi connectivity index (χ0v) is 12.3. The van der Waals surface area contributed by atoms with E-state index in [-0.39, 0.29) is 11.6 Å². The summed E-state index contributed by atoms with van der Waals surface area (Å²) in [6, 6.07) is 6.11. The molecule has 0 aromatic heterocycles. The van der Waals surface area contributed by atoms with Crippen molar-refractivity contribution in [3.8, 4) is 0 Å². The first-order chi connectivity index (χ1) is 9.35. The van der Waals surface area contributed by atoms with Crippen LogP contribution in [0.5, 0.6) is 0 Å². The second-order valence-electron chi connectivity index (χ2n) is 5.42. The van der Waals surface area contributed by atoms with E-state index in [0.29, 0.717) is 24.7 Å². The van der Waals surface area contributed by atoms with Crippen LogP contribution in [0, 0.1) is 5.82 Å². The van der Waals surface area contributed by atoms with Crippen molar-refractivity contribution in [2.24, 2.45) is 0 Å². The zero-order valence-electron chi connectivity index (χ0n) is 11.5. The Morgan fingerprint density at radius 3 is 2.45 bits per heavy atom. The SMILES string of the molecule is CS(=O)(=O)CCN(C[C@H](O)c1ccc(F)cc1)C1CC1. The first kappa shape index (κ1) is 15.4. The summed E-state index contributed by atoms with van der Waals surface area (Å²) in [6.45, 7) is 0.813. The fourth-order valence-electron chi connectivity index (χ4n) is 2.16. The van der Waals surface area contributed by atoms with Crippen molar-refractivity contribution >= 4 is 9.84 Å². The maximum atomic E-state index is 12.8. The number of benzene rings is 1. The van der Waals surface area contributed by atoms with Crippen molar-refractivity contribution in [3.63, 3.8) is 0 Å². The average molecular weight is 301 g/mol. The lowest BCUT2D eigenvalue weighted by molar-refractivity contribution is 0.112. The van der Waals surface area contributed by atoms with Crippen molar-refractivity contribution in [1.29, 1.82) is 0 Å². The summed E-state index contributed by atoms with van der Waals surface area (Å²) in [7, 11) is -3.00. The fraction of sp³-hybridized carbons (Fsp3) is 0.571. The summed E-state index contributed by atoms with van der Waals surface area (Å²) >= 11 is 0. The van der Waals surface area contributed by atoms with Gasteiger partial charge in [-0.2, -0.15) is 0 Å². The molecule has 4 nitrogen and oxygen atoms in total. The van der Waals surface area contributed by atoms with Gasteiger partial charge in [-0.15, -0.1) is 0 Å². The molecule has 0 heterocycles. The Morgan fingerprint density at radius 2 is 1.95 bits per heavy atom. The quantitative estimate of drug-likeness (QED) is 0.826. The molecule has 0 unspecified atom stereocenters. The van der Waals surface area contributed by atoms with Crippen LogP contribution in [0.1, 0.15) is 24.5 Å². The van der Waals surface area contributed by atoms with Crippen molar-refractivity contribution in [2.75, 3.05) is 25.1 Å². The van der Waals surface area contributed by atoms with E-state index in [1.54, 1.807) is 12.1 Å². The van der Waals surface area contributed by atoms with Crippen LogP contribution in [-0.4, -0.2) is 49.6 Å². The Balaban J connectivity index is 1.95. The van der Waals surface area contributed by atoms with Crippen molar-refractivity contribution in [1.82, 2.24) is 4.90 Å². The van der Waals surface area contributed by atoms with E-state index in [2.05, 4.69) is 0 Å².